The zero-order valence-corrected chi connectivity index (χ0v) is 20.1. The Kier molecular flexibility index (Phi) is 7.77. The van der Waals surface area contributed by atoms with Gasteiger partial charge >= 0.3 is 5.69 Å². The lowest BCUT2D eigenvalue weighted by Gasteiger charge is -2.25. The number of carbonyl (C=O) groups is 1. The van der Waals surface area contributed by atoms with Crippen LogP contribution in [0.2, 0.25) is 0 Å². The molecule has 0 bridgehead atoms. The molecule has 36 heavy (non-hydrogen) atoms. The number of nitrogens with one attached hydrogen (secondary N) is 2. The number of carbonyl (C=O) groups excluding carboxylic acids is 1. The van der Waals surface area contributed by atoms with E-state index in [1.165, 1.54) is 9.47 Å². The Bertz CT molecular complexity index is 1380. The molecule has 3 aromatic carbocycles. The van der Waals surface area contributed by atoms with Crippen molar-refractivity contribution in [1.82, 2.24) is 14.9 Å². The Labute approximate surface area is 209 Å². The van der Waals surface area contributed by atoms with Gasteiger partial charge in [-0.3, -0.25) is 24.5 Å². The molecule has 0 aliphatic carbocycles. The van der Waals surface area contributed by atoms with Gasteiger partial charge in [0.25, 0.3) is 5.56 Å². The number of aromatic amines is 1. The molecule has 0 aliphatic heterocycles. The number of likely N-dealkylation sites (N-methyl/N-ethyl adjacent to an activating group) is 1. The van der Waals surface area contributed by atoms with Crippen molar-refractivity contribution in [3.05, 3.63) is 129 Å². The van der Waals surface area contributed by atoms with Gasteiger partial charge in [0.05, 0.1) is 19.1 Å². The zero-order chi connectivity index (χ0) is 25.5. The summed E-state index contributed by atoms with van der Waals surface area (Å²) in [4.78, 5) is 42.3. The molecule has 0 radical (unpaired) electrons. The molecule has 0 atom stereocenters. The third-order valence-electron chi connectivity index (χ3n) is 6.01. The number of anilines is 2. The number of aromatic nitrogens is 2. The van der Waals surface area contributed by atoms with Crippen LogP contribution in [0.4, 0.5) is 11.5 Å². The average molecular weight is 484 g/mol. The largest absolute Gasteiger partial charge is 0.383 e. The molecule has 4 aromatic rings. The second-order valence-electron chi connectivity index (χ2n) is 8.34. The van der Waals surface area contributed by atoms with Crippen molar-refractivity contribution in [2.75, 3.05) is 23.7 Å². The van der Waals surface area contributed by atoms with E-state index in [0.717, 1.165) is 16.7 Å². The summed E-state index contributed by atoms with van der Waals surface area (Å²) < 4.78 is 1.27. The first kappa shape index (κ1) is 24.7. The van der Waals surface area contributed by atoms with Crippen molar-refractivity contribution < 1.29 is 4.79 Å². The fourth-order valence-electron chi connectivity index (χ4n) is 4.22. The van der Waals surface area contributed by atoms with Crippen molar-refractivity contribution in [2.45, 2.75) is 19.5 Å². The van der Waals surface area contributed by atoms with Crippen molar-refractivity contribution in [3.63, 3.8) is 0 Å². The molecule has 1 aromatic heterocycles. The Morgan fingerprint density at radius 2 is 1.44 bits per heavy atom. The summed E-state index contributed by atoms with van der Waals surface area (Å²) in [6.45, 7) is 2.09. The first-order valence-corrected chi connectivity index (χ1v) is 11.8. The molecule has 4 N–H and O–H groups in total. The van der Waals surface area contributed by atoms with Gasteiger partial charge in [-0.15, -0.1) is 0 Å². The minimum atomic E-state index is -0.695. The van der Waals surface area contributed by atoms with Gasteiger partial charge in [-0.05, 0) is 23.6 Å². The third kappa shape index (κ3) is 5.45. The van der Waals surface area contributed by atoms with Crippen molar-refractivity contribution in [3.8, 4) is 0 Å². The van der Waals surface area contributed by atoms with Crippen LogP contribution in [0.1, 0.15) is 29.7 Å². The van der Waals surface area contributed by atoms with E-state index in [9.17, 15) is 14.4 Å². The fourth-order valence-corrected chi connectivity index (χ4v) is 4.22. The zero-order valence-electron chi connectivity index (χ0n) is 20.1. The maximum atomic E-state index is 13.4. The lowest BCUT2D eigenvalue weighted by atomic mass is 9.99. The SMILES string of the molecule is CCN(C(=O)CNC(c1ccccc1)c1ccccc1)c1c(N)n(Cc2ccccc2)c(=O)[nH]c1=O. The summed E-state index contributed by atoms with van der Waals surface area (Å²) in [7, 11) is 0. The van der Waals surface area contributed by atoms with E-state index >= 15 is 0 Å². The van der Waals surface area contributed by atoms with Crippen LogP contribution in [0, 0.1) is 0 Å². The first-order chi connectivity index (χ1) is 17.5. The third-order valence-corrected chi connectivity index (χ3v) is 6.01. The standard InChI is InChI=1S/C28H29N5O3/c1-2-32(25-26(29)33(28(36)31-27(25)35)19-20-12-6-3-7-13-20)23(34)18-30-24(21-14-8-4-9-15-21)22-16-10-5-11-17-22/h3-17,24,30H,2,18-19,29H2,1H3,(H,31,35,36). The Balaban J connectivity index is 1.61. The van der Waals surface area contributed by atoms with Gasteiger partial charge < -0.3 is 10.6 Å². The normalized spacial score (nSPS) is 10.9. The van der Waals surface area contributed by atoms with E-state index in [2.05, 4.69) is 10.3 Å². The van der Waals surface area contributed by atoms with Crippen molar-refractivity contribution >= 4 is 17.4 Å². The fraction of sp³-hybridized carbons (Fsp3) is 0.179. The number of nitrogens with zero attached hydrogens (tertiary/aromatic N) is 2. The minimum absolute atomic E-state index is 0.0317. The highest BCUT2D eigenvalue weighted by Gasteiger charge is 2.24. The highest BCUT2D eigenvalue weighted by Crippen LogP contribution is 2.22. The smallest absolute Gasteiger partial charge is 0.330 e. The Morgan fingerprint density at radius 3 is 1.97 bits per heavy atom. The number of hydrogen-bond donors (Lipinski definition) is 3. The number of amides is 1. The van der Waals surface area contributed by atoms with Crippen LogP contribution in [-0.4, -0.2) is 28.5 Å². The maximum absolute atomic E-state index is 13.4. The average Bonchev–Trinajstić information content (AvgIpc) is 2.91. The summed E-state index contributed by atoms with van der Waals surface area (Å²) in [5, 5.41) is 3.33. The molecular formula is C28H29N5O3. The van der Waals surface area contributed by atoms with Crippen LogP contribution in [0.5, 0.6) is 0 Å². The van der Waals surface area contributed by atoms with Gasteiger partial charge in [0.15, 0.2) is 5.69 Å². The number of benzene rings is 3. The molecule has 8 heteroatoms. The van der Waals surface area contributed by atoms with Gasteiger partial charge in [-0.1, -0.05) is 91.0 Å². The molecule has 8 nitrogen and oxygen atoms in total. The number of rotatable bonds is 9. The molecule has 184 valence electrons. The van der Waals surface area contributed by atoms with Gasteiger partial charge in [-0.2, -0.15) is 0 Å². The summed E-state index contributed by atoms with van der Waals surface area (Å²) >= 11 is 0. The lowest BCUT2D eigenvalue weighted by Crippen LogP contribution is -2.44. The highest BCUT2D eigenvalue weighted by molar-refractivity contribution is 5.96. The molecule has 0 fully saturated rings. The quantitative estimate of drug-likeness (QED) is 0.339. The summed E-state index contributed by atoms with van der Waals surface area (Å²) in [5.41, 5.74) is 7.82. The van der Waals surface area contributed by atoms with Crippen molar-refractivity contribution in [2.24, 2.45) is 0 Å². The van der Waals surface area contributed by atoms with Gasteiger partial charge in [0.1, 0.15) is 5.82 Å². The molecule has 4 rings (SSSR count). The minimum Gasteiger partial charge on any atom is -0.383 e. The number of hydrogen-bond acceptors (Lipinski definition) is 5. The van der Waals surface area contributed by atoms with E-state index < -0.39 is 11.2 Å². The predicted octanol–water partition coefficient (Wildman–Crippen LogP) is 2.90. The highest BCUT2D eigenvalue weighted by atomic mass is 16.2. The van der Waals surface area contributed by atoms with E-state index in [1.807, 2.05) is 91.0 Å². The summed E-state index contributed by atoms with van der Waals surface area (Å²) in [6, 6.07) is 28.7. The topological polar surface area (TPSA) is 113 Å². The predicted molar refractivity (Wildman–Crippen MR) is 142 cm³/mol. The molecule has 0 aliphatic rings. The lowest BCUT2D eigenvalue weighted by molar-refractivity contribution is -0.117. The molecular weight excluding hydrogens is 454 g/mol. The Hall–Kier alpha value is -4.43. The maximum Gasteiger partial charge on any atom is 0.330 e. The van der Waals surface area contributed by atoms with E-state index in [0.29, 0.717) is 0 Å². The summed E-state index contributed by atoms with van der Waals surface area (Å²) in [6.07, 6.45) is 0. The van der Waals surface area contributed by atoms with Gasteiger partial charge in [-0.25, -0.2) is 4.79 Å². The monoisotopic (exact) mass is 483 g/mol. The molecule has 1 heterocycles. The number of H-pyrrole nitrogens is 1. The van der Waals surface area contributed by atoms with Gasteiger partial charge in [0.2, 0.25) is 5.91 Å². The van der Waals surface area contributed by atoms with E-state index in [1.54, 1.807) is 6.92 Å². The van der Waals surface area contributed by atoms with Crippen molar-refractivity contribution in [1.29, 1.82) is 0 Å². The molecule has 0 saturated carbocycles. The molecule has 0 saturated heterocycles. The number of nitrogens with two attached hydrogens (primary N) is 1. The first-order valence-electron chi connectivity index (χ1n) is 11.8. The summed E-state index contributed by atoms with van der Waals surface area (Å²) in [5.74, 6) is -0.387. The van der Waals surface area contributed by atoms with Gasteiger partial charge in [0, 0.05) is 6.54 Å². The second-order valence-corrected chi connectivity index (χ2v) is 8.34. The van der Waals surface area contributed by atoms with Crippen LogP contribution in [0.3, 0.4) is 0 Å². The van der Waals surface area contributed by atoms with Crippen LogP contribution in [0.25, 0.3) is 0 Å². The van der Waals surface area contributed by atoms with Crippen LogP contribution >= 0.6 is 0 Å². The van der Waals surface area contributed by atoms with Crippen LogP contribution in [0.15, 0.2) is 101 Å². The Morgan fingerprint density at radius 1 is 0.917 bits per heavy atom. The number of nitrogen functional groups attached to an aromatic ring is 1. The van der Waals surface area contributed by atoms with E-state index in [4.69, 9.17) is 5.73 Å². The van der Waals surface area contributed by atoms with Crippen LogP contribution < -0.4 is 27.2 Å². The second kappa shape index (κ2) is 11.3. The molecule has 0 unspecified atom stereocenters. The van der Waals surface area contributed by atoms with Crippen LogP contribution in [-0.2, 0) is 11.3 Å². The van der Waals surface area contributed by atoms with E-state index in [-0.39, 0.29) is 43.1 Å². The molecule has 0 spiro atoms. The molecule has 1 amide bonds.